The van der Waals surface area contributed by atoms with Crippen LogP contribution in [0, 0.1) is 11.2 Å². The topological polar surface area (TPSA) is 57.2 Å². The van der Waals surface area contributed by atoms with Gasteiger partial charge in [0.25, 0.3) is 5.91 Å². The van der Waals surface area contributed by atoms with Crippen LogP contribution >= 0.6 is 0 Å². The molecule has 0 unspecified atom stereocenters. The molecule has 2 heterocycles. The number of rotatable bonds is 9. The van der Waals surface area contributed by atoms with E-state index in [0.29, 0.717) is 51.0 Å². The van der Waals surface area contributed by atoms with E-state index < -0.39 is 5.82 Å². The molecule has 0 saturated carbocycles. The predicted octanol–water partition coefficient (Wildman–Crippen LogP) is 4.07. The summed E-state index contributed by atoms with van der Waals surface area (Å²) in [4.78, 5) is 14.9. The molecule has 172 valence electrons. The predicted molar refractivity (Wildman–Crippen MR) is 118 cm³/mol. The second-order valence-electron chi connectivity index (χ2n) is 8.88. The van der Waals surface area contributed by atoms with Crippen molar-refractivity contribution in [3.05, 3.63) is 59.4 Å². The minimum absolute atomic E-state index is 0.00628. The van der Waals surface area contributed by atoms with Gasteiger partial charge in [0.05, 0.1) is 38.6 Å². The van der Waals surface area contributed by atoms with Crippen LogP contribution in [0.2, 0.25) is 0 Å². The standard InChI is InChI=1S/C25H30FNO5/c1-25(15-30-16-25)17-32-23-12-18(9-10-22(23)29-2)13-27(14-19-6-5-11-31-19)24(28)20-7-3-4-8-21(20)26/h3-4,7-10,12,19H,5-6,11,13-17H2,1-2H3/t19-/m0/s1. The maximum atomic E-state index is 14.3. The lowest BCUT2D eigenvalue weighted by Crippen LogP contribution is -2.44. The average Bonchev–Trinajstić information content (AvgIpc) is 3.29. The first-order valence-electron chi connectivity index (χ1n) is 11.0. The molecule has 2 aliphatic rings. The molecule has 2 fully saturated rings. The van der Waals surface area contributed by atoms with Crippen LogP contribution in [0.5, 0.6) is 11.5 Å². The van der Waals surface area contributed by atoms with Crippen LogP contribution in [-0.2, 0) is 16.0 Å². The summed E-state index contributed by atoms with van der Waals surface area (Å²) in [5, 5.41) is 0. The molecular formula is C25H30FNO5. The van der Waals surface area contributed by atoms with Gasteiger partial charge in [-0.2, -0.15) is 0 Å². The first-order chi connectivity index (χ1) is 15.5. The van der Waals surface area contributed by atoms with Crippen molar-refractivity contribution in [1.82, 2.24) is 4.90 Å². The molecular weight excluding hydrogens is 413 g/mol. The molecule has 0 spiro atoms. The molecule has 7 heteroatoms. The Bertz CT molecular complexity index is 940. The molecule has 1 amide bonds. The smallest absolute Gasteiger partial charge is 0.257 e. The fourth-order valence-corrected chi connectivity index (χ4v) is 4.00. The van der Waals surface area contributed by atoms with Crippen molar-refractivity contribution in [3.63, 3.8) is 0 Å². The quantitative estimate of drug-likeness (QED) is 0.585. The third-order valence-electron chi connectivity index (χ3n) is 5.92. The fourth-order valence-electron chi connectivity index (χ4n) is 4.00. The van der Waals surface area contributed by atoms with E-state index in [1.165, 1.54) is 12.1 Å². The molecule has 6 nitrogen and oxygen atoms in total. The number of benzene rings is 2. The van der Waals surface area contributed by atoms with Crippen molar-refractivity contribution >= 4 is 5.91 Å². The van der Waals surface area contributed by atoms with Gasteiger partial charge in [-0.3, -0.25) is 4.79 Å². The van der Waals surface area contributed by atoms with Crippen LogP contribution in [-0.4, -0.2) is 57.0 Å². The summed E-state index contributed by atoms with van der Waals surface area (Å²) in [5.74, 6) is 0.373. The maximum Gasteiger partial charge on any atom is 0.257 e. The third kappa shape index (κ3) is 5.22. The first-order valence-corrected chi connectivity index (χ1v) is 11.0. The summed E-state index contributed by atoms with van der Waals surface area (Å²) in [6, 6.07) is 11.7. The molecule has 1 atom stereocenters. The van der Waals surface area contributed by atoms with Gasteiger partial charge in [-0.25, -0.2) is 4.39 Å². The Labute approximate surface area is 188 Å². The lowest BCUT2D eigenvalue weighted by molar-refractivity contribution is -0.120. The summed E-state index contributed by atoms with van der Waals surface area (Å²) in [6.07, 6.45) is 1.81. The van der Waals surface area contributed by atoms with Crippen LogP contribution in [0.25, 0.3) is 0 Å². The highest BCUT2D eigenvalue weighted by Gasteiger charge is 2.34. The summed E-state index contributed by atoms with van der Waals surface area (Å²) < 4.78 is 36.9. The van der Waals surface area contributed by atoms with Gasteiger partial charge in [0.15, 0.2) is 11.5 Å². The molecule has 4 rings (SSSR count). The molecule has 0 bridgehead atoms. The molecule has 2 aromatic carbocycles. The van der Waals surface area contributed by atoms with E-state index in [-0.39, 0.29) is 23.0 Å². The number of carbonyl (C=O) groups excluding carboxylic acids is 1. The third-order valence-corrected chi connectivity index (χ3v) is 5.92. The van der Waals surface area contributed by atoms with Gasteiger partial charge in [0.2, 0.25) is 0 Å². The molecule has 32 heavy (non-hydrogen) atoms. The van der Waals surface area contributed by atoms with E-state index in [0.717, 1.165) is 18.4 Å². The Kier molecular flexibility index (Phi) is 6.96. The van der Waals surface area contributed by atoms with Gasteiger partial charge in [0.1, 0.15) is 5.82 Å². The van der Waals surface area contributed by atoms with E-state index in [1.54, 1.807) is 24.1 Å². The zero-order valence-corrected chi connectivity index (χ0v) is 18.6. The highest BCUT2D eigenvalue weighted by molar-refractivity contribution is 5.94. The number of hydrogen-bond donors (Lipinski definition) is 0. The van der Waals surface area contributed by atoms with Crippen molar-refractivity contribution in [3.8, 4) is 11.5 Å². The summed E-state index contributed by atoms with van der Waals surface area (Å²) >= 11 is 0. The van der Waals surface area contributed by atoms with E-state index in [4.69, 9.17) is 18.9 Å². The molecule has 2 saturated heterocycles. The Hall–Kier alpha value is -2.64. The SMILES string of the molecule is COc1ccc(CN(C[C@@H]2CCCO2)C(=O)c2ccccc2F)cc1OCC1(C)COC1. The molecule has 0 aromatic heterocycles. The average molecular weight is 444 g/mol. The second-order valence-corrected chi connectivity index (χ2v) is 8.88. The normalized spacial score (nSPS) is 19.3. The van der Waals surface area contributed by atoms with E-state index >= 15 is 0 Å². The van der Waals surface area contributed by atoms with E-state index in [9.17, 15) is 9.18 Å². The van der Waals surface area contributed by atoms with Crippen molar-refractivity contribution in [2.24, 2.45) is 5.41 Å². The zero-order valence-electron chi connectivity index (χ0n) is 18.6. The number of ether oxygens (including phenoxy) is 4. The van der Waals surface area contributed by atoms with Gasteiger partial charge in [0, 0.05) is 25.1 Å². The monoisotopic (exact) mass is 443 g/mol. The zero-order chi connectivity index (χ0) is 22.6. The summed E-state index contributed by atoms with van der Waals surface area (Å²) in [7, 11) is 1.60. The van der Waals surface area contributed by atoms with Gasteiger partial charge < -0.3 is 23.8 Å². The Morgan fingerprint density at radius 2 is 2.03 bits per heavy atom. The van der Waals surface area contributed by atoms with Crippen LogP contribution in [0.4, 0.5) is 4.39 Å². The highest BCUT2D eigenvalue weighted by atomic mass is 19.1. The molecule has 2 aromatic rings. The number of methoxy groups -OCH3 is 1. The van der Waals surface area contributed by atoms with E-state index in [2.05, 4.69) is 6.92 Å². The molecule has 0 N–H and O–H groups in total. The van der Waals surface area contributed by atoms with Crippen LogP contribution in [0.1, 0.15) is 35.7 Å². The lowest BCUT2D eigenvalue weighted by Gasteiger charge is -2.37. The number of halogens is 1. The largest absolute Gasteiger partial charge is 0.493 e. The van der Waals surface area contributed by atoms with E-state index in [1.807, 2.05) is 18.2 Å². The fraction of sp³-hybridized carbons (Fsp3) is 0.480. The van der Waals surface area contributed by atoms with Gasteiger partial charge in [-0.1, -0.05) is 25.1 Å². The molecule has 2 aliphatic heterocycles. The van der Waals surface area contributed by atoms with Crippen LogP contribution in [0.15, 0.2) is 42.5 Å². The van der Waals surface area contributed by atoms with Crippen molar-refractivity contribution in [1.29, 1.82) is 0 Å². The minimum atomic E-state index is -0.524. The maximum absolute atomic E-state index is 14.3. The minimum Gasteiger partial charge on any atom is -0.493 e. The first kappa shape index (κ1) is 22.6. The van der Waals surface area contributed by atoms with Crippen LogP contribution < -0.4 is 9.47 Å². The summed E-state index contributed by atoms with van der Waals surface area (Å²) in [5.41, 5.74) is 0.931. The Morgan fingerprint density at radius 1 is 1.22 bits per heavy atom. The number of carbonyl (C=O) groups is 1. The number of nitrogens with zero attached hydrogens (tertiary/aromatic N) is 1. The highest BCUT2D eigenvalue weighted by Crippen LogP contribution is 2.33. The Morgan fingerprint density at radius 3 is 2.69 bits per heavy atom. The van der Waals surface area contributed by atoms with Crippen molar-refractivity contribution in [2.45, 2.75) is 32.4 Å². The van der Waals surface area contributed by atoms with Crippen molar-refractivity contribution < 1.29 is 28.1 Å². The molecule has 0 aliphatic carbocycles. The number of amides is 1. The van der Waals surface area contributed by atoms with Gasteiger partial charge in [-0.15, -0.1) is 0 Å². The van der Waals surface area contributed by atoms with Crippen molar-refractivity contribution in [2.75, 3.05) is 40.1 Å². The molecule has 0 radical (unpaired) electrons. The van der Waals surface area contributed by atoms with Crippen LogP contribution in [0.3, 0.4) is 0 Å². The lowest BCUT2D eigenvalue weighted by atomic mass is 9.90. The number of hydrogen-bond acceptors (Lipinski definition) is 5. The Balaban J connectivity index is 1.54. The van der Waals surface area contributed by atoms with Gasteiger partial charge >= 0.3 is 0 Å². The second kappa shape index (κ2) is 9.88. The van der Waals surface area contributed by atoms with Gasteiger partial charge in [-0.05, 0) is 42.7 Å². The summed E-state index contributed by atoms with van der Waals surface area (Å²) in [6.45, 7) is 5.38.